The minimum Gasteiger partial charge on any atom is -0.326 e. The Kier molecular flexibility index (Phi) is 3.38. The fourth-order valence-corrected chi connectivity index (χ4v) is 1.42. The molecule has 1 nitrogen and oxygen atoms in total. The van der Waals surface area contributed by atoms with Gasteiger partial charge in [-0.15, -0.1) is 11.8 Å². The van der Waals surface area contributed by atoms with Crippen molar-refractivity contribution < 1.29 is 0 Å². The monoisotopic (exact) mass is 179 g/mol. The molecule has 0 unspecified atom stereocenters. The minimum atomic E-state index is 0.526. The molecule has 0 fully saturated rings. The van der Waals surface area contributed by atoms with Crippen LogP contribution < -0.4 is 5.73 Å². The van der Waals surface area contributed by atoms with E-state index in [1.165, 1.54) is 4.90 Å². The molecule has 0 aliphatic carbocycles. The normalized spacial score (nSPS) is 9.83. The molecule has 12 heavy (non-hydrogen) atoms. The summed E-state index contributed by atoms with van der Waals surface area (Å²) in [6.45, 7) is 4.41. The largest absolute Gasteiger partial charge is 0.326 e. The first-order chi connectivity index (χ1) is 5.77. The Bertz CT molecular complexity index is 281. The van der Waals surface area contributed by atoms with Crippen molar-refractivity contribution in [3.05, 3.63) is 36.4 Å². The van der Waals surface area contributed by atoms with Crippen LogP contribution in [0.15, 0.2) is 35.7 Å². The molecule has 0 radical (unpaired) electrons. The van der Waals surface area contributed by atoms with Crippen molar-refractivity contribution >= 4 is 17.3 Å². The summed E-state index contributed by atoms with van der Waals surface area (Å²) in [4.78, 5) is 1.25. The van der Waals surface area contributed by atoms with Crippen LogP contribution in [0.25, 0.3) is 5.57 Å². The lowest BCUT2D eigenvalue weighted by molar-refractivity contribution is 1.26. The third-order valence-electron chi connectivity index (χ3n) is 1.72. The number of hydrogen-bond acceptors (Lipinski definition) is 2. The van der Waals surface area contributed by atoms with Crippen LogP contribution >= 0.6 is 11.8 Å². The third kappa shape index (κ3) is 2.13. The van der Waals surface area contributed by atoms with E-state index in [-0.39, 0.29) is 0 Å². The molecule has 64 valence electrons. The summed E-state index contributed by atoms with van der Waals surface area (Å²) in [5.41, 5.74) is 7.62. The van der Waals surface area contributed by atoms with E-state index in [1.54, 1.807) is 11.8 Å². The van der Waals surface area contributed by atoms with Gasteiger partial charge in [-0.05, 0) is 29.5 Å². The second-order valence-corrected chi connectivity index (χ2v) is 3.42. The molecule has 1 rings (SSSR count). The zero-order valence-corrected chi connectivity index (χ0v) is 8.03. The second kappa shape index (κ2) is 4.33. The molecule has 0 aliphatic heterocycles. The number of rotatable bonds is 3. The van der Waals surface area contributed by atoms with Gasteiger partial charge < -0.3 is 5.73 Å². The van der Waals surface area contributed by atoms with Crippen molar-refractivity contribution in [3.63, 3.8) is 0 Å². The molecule has 1 aromatic rings. The smallest absolute Gasteiger partial charge is 0.0178 e. The van der Waals surface area contributed by atoms with E-state index in [0.717, 1.165) is 11.1 Å². The first kappa shape index (κ1) is 9.36. The zero-order chi connectivity index (χ0) is 8.97. The Hall–Kier alpha value is -0.730. The molecular formula is C10H13NS. The van der Waals surface area contributed by atoms with Crippen LogP contribution in [-0.4, -0.2) is 12.8 Å². The van der Waals surface area contributed by atoms with Gasteiger partial charge in [0.15, 0.2) is 0 Å². The topological polar surface area (TPSA) is 26.0 Å². The van der Waals surface area contributed by atoms with Crippen molar-refractivity contribution in [2.45, 2.75) is 4.90 Å². The zero-order valence-electron chi connectivity index (χ0n) is 7.21. The summed E-state index contributed by atoms with van der Waals surface area (Å²) >= 11 is 1.73. The van der Waals surface area contributed by atoms with Crippen LogP contribution in [0.2, 0.25) is 0 Å². The van der Waals surface area contributed by atoms with Crippen LogP contribution in [0.4, 0.5) is 0 Å². The van der Waals surface area contributed by atoms with Gasteiger partial charge in [-0.3, -0.25) is 0 Å². The van der Waals surface area contributed by atoms with E-state index >= 15 is 0 Å². The van der Waals surface area contributed by atoms with Crippen LogP contribution in [0, 0.1) is 0 Å². The molecule has 0 aliphatic rings. The number of benzene rings is 1. The quantitative estimate of drug-likeness (QED) is 0.721. The van der Waals surface area contributed by atoms with E-state index in [4.69, 9.17) is 5.73 Å². The van der Waals surface area contributed by atoms with Crippen LogP contribution in [-0.2, 0) is 0 Å². The summed E-state index contributed by atoms with van der Waals surface area (Å²) in [6.07, 6.45) is 2.06. The molecule has 1 aromatic carbocycles. The number of thioether (sulfide) groups is 1. The van der Waals surface area contributed by atoms with Crippen molar-refractivity contribution in [3.8, 4) is 0 Å². The highest BCUT2D eigenvalue weighted by Crippen LogP contribution is 2.19. The van der Waals surface area contributed by atoms with E-state index in [2.05, 4.69) is 25.0 Å². The predicted octanol–water partition coefficient (Wildman–Crippen LogP) is 2.38. The van der Waals surface area contributed by atoms with Gasteiger partial charge in [-0.2, -0.15) is 0 Å². The Labute approximate surface area is 77.7 Å². The number of hydrogen-bond donors (Lipinski definition) is 1. The minimum absolute atomic E-state index is 0.526. The molecule has 0 spiro atoms. The Morgan fingerprint density at radius 2 is 2.33 bits per heavy atom. The van der Waals surface area contributed by atoms with Crippen molar-refractivity contribution in [2.24, 2.45) is 5.73 Å². The third-order valence-corrected chi connectivity index (χ3v) is 2.45. The Balaban J connectivity index is 2.93. The maximum absolute atomic E-state index is 5.49. The Morgan fingerprint density at radius 1 is 1.58 bits per heavy atom. The van der Waals surface area contributed by atoms with Gasteiger partial charge in [0.05, 0.1) is 0 Å². The summed E-state index contributed by atoms with van der Waals surface area (Å²) in [5.74, 6) is 0. The SMILES string of the molecule is C=C(CN)c1cccc(SC)c1. The van der Waals surface area contributed by atoms with Crippen molar-refractivity contribution in [2.75, 3.05) is 12.8 Å². The standard InChI is InChI=1S/C10H13NS/c1-8(7-11)9-4-3-5-10(6-9)12-2/h3-6H,1,7,11H2,2H3. The summed E-state index contributed by atoms with van der Waals surface area (Å²) in [6, 6.07) is 8.26. The summed E-state index contributed by atoms with van der Waals surface area (Å²) in [7, 11) is 0. The molecule has 0 heterocycles. The van der Waals surface area contributed by atoms with Gasteiger partial charge in [0.1, 0.15) is 0 Å². The van der Waals surface area contributed by atoms with Crippen molar-refractivity contribution in [1.29, 1.82) is 0 Å². The maximum atomic E-state index is 5.49. The van der Waals surface area contributed by atoms with E-state index in [9.17, 15) is 0 Å². The molecule has 0 bridgehead atoms. The van der Waals surface area contributed by atoms with Gasteiger partial charge in [0.2, 0.25) is 0 Å². The predicted molar refractivity (Wildman–Crippen MR) is 56.3 cm³/mol. The fourth-order valence-electron chi connectivity index (χ4n) is 0.961. The lowest BCUT2D eigenvalue weighted by atomic mass is 10.1. The summed E-state index contributed by atoms with van der Waals surface area (Å²) in [5, 5.41) is 0. The van der Waals surface area contributed by atoms with Gasteiger partial charge in [-0.25, -0.2) is 0 Å². The van der Waals surface area contributed by atoms with Gasteiger partial charge in [0.25, 0.3) is 0 Å². The van der Waals surface area contributed by atoms with Crippen LogP contribution in [0.3, 0.4) is 0 Å². The molecular weight excluding hydrogens is 166 g/mol. The molecule has 0 atom stereocenters. The lowest BCUT2D eigenvalue weighted by Crippen LogP contribution is -2.00. The van der Waals surface area contributed by atoms with Crippen LogP contribution in [0.1, 0.15) is 5.56 Å². The maximum Gasteiger partial charge on any atom is 0.0178 e. The first-order valence-corrected chi connectivity index (χ1v) is 5.02. The molecule has 2 N–H and O–H groups in total. The van der Waals surface area contributed by atoms with Gasteiger partial charge in [-0.1, -0.05) is 18.7 Å². The van der Waals surface area contributed by atoms with Crippen molar-refractivity contribution in [1.82, 2.24) is 0 Å². The second-order valence-electron chi connectivity index (χ2n) is 2.54. The highest BCUT2D eigenvalue weighted by molar-refractivity contribution is 7.98. The fraction of sp³-hybridized carbons (Fsp3) is 0.200. The average Bonchev–Trinajstić information content (AvgIpc) is 2.17. The molecule has 0 saturated carbocycles. The van der Waals surface area contributed by atoms with Crippen LogP contribution in [0.5, 0.6) is 0 Å². The number of nitrogens with two attached hydrogens (primary N) is 1. The highest BCUT2D eigenvalue weighted by Gasteiger charge is 1.96. The lowest BCUT2D eigenvalue weighted by Gasteiger charge is -2.03. The molecule has 0 amide bonds. The molecule has 0 saturated heterocycles. The Morgan fingerprint density at radius 3 is 2.92 bits per heavy atom. The van der Waals surface area contributed by atoms with E-state index < -0.39 is 0 Å². The first-order valence-electron chi connectivity index (χ1n) is 3.80. The average molecular weight is 179 g/mol. The molecule has 0 aromatic heterocycles. The summed E-state index contributed by atoms with van der Waals surface area (Å²) < 4.78 is 0. The highest BCUT2D eigenvalue weighted by atomic mass is 32.2. The van der Waals surface area contributed by atoms with Gasteiger partial charge >= 0.3 is 0 Å². The molecule has 2 heteroatoms. The van der Waals surface area contributed by atoms with E-state index in [0.29, 0.717) is 6.54 Å². The van der Waals surface area contributed by atoms with E-state index in [1.807, 2.05) is 12.1 Å². The van der Waals surface area contributed by atoms with Gasteiger partial charge in [0, 0.05) is 11.4 Å².